The first-order chi connectivity index (χ1) is 9.76. The van der Waals surface area contributed by atoms with E-state index in [1.165, 1.54) is 0 Å². The number of nitrogens with zero attached hydrogens (tertiary/aromatic N) is 1. The summed E-state index contributed by atoms with van der Waals surface area (Å²) in [4.78, 5) is 0. The van der Waals surface area contributed by atoms with Gasteiger partial charge in [0.15, 0.2) is 9.84 Å². The van der Waals surface area contributed by atoms with Gasteiger partial charge in [0, 0.05) is 0 Å². The zero-order valence-electron chi connectivity index (χ0n) is 13.6. The predicted octanol–water partition coefficient (Wildman–Crippen LogP) is 4.09. The lowest BCUT2D eigenvalue weighted by atomic mass is 9.70. The van der Waals surface area contributed by atoms with Crippen molar-refractivity contribution >= 4 is 9.84 Å². The highest BCUT2D eigenvalue weighted by molar-refractivity contribution is 7.92. The van der Waals surface area contributed by atoms with Crippen LogP contribution in [0.3, 0.4) is 0 Å². The fourth-order valence-corrected chi connectivity index (χ4v) is 6.71. The standard InChI is InChI=1S/C17H29NO2S/c1-17(2,3)14-10-9-13(12-18)16(11-14)21(19,20)15-7-5-4-6-8-15/h13-16H,4-11H2,1-3H3. The second kappa shape index (κ2) is 6.28. The molecule has 3 atom stereocenters. The first-order valence-corrected chi connectivity index (χ1v) is 10.00. The van der Waals surface area contributed by atoms with Crippen LogP contribution in [0.5, 0.6) is 0 Å². The molecule has 0 heterocycles. The van der Waals surface area contributed by atoms with Gasteiger partial charge in [0.2, 0.25) is 0 Å². The van der Waals surface area contributed by atoms with E-state index in [1.807, 2.05) is 0 Å². The minimum absolute atomic E-state index is 0.126. The summed E-state index contributed by atoms with van der Waals surface area (Å²) in [5.41, 5.74) is 0.126. The van der Waals surface area contributed by atoms with Gasteiger partial charge in [-0.2, -0.15) is 5.26 Å². The van der Waals surface area contributed by atoms with Gasteiger partial charge in [-0.05, 0) is 43.4 Å². The Labute approximate surface area is 130 Å². The van der Waals surface area contributed by atoms with Crippen LogP contribution in [0, 0.1) is 28.6 Å². The fourth-order valence-electron chi connectivity index (χ4n) is 4.07. The molecule has 0 aromatic rings. The number of rotatable bonds is 2. The van der Waals surface area contributed by atoms with Crippen LogP contribution < -0.4 is 0 Å². The van der Waals surface area contributed by atoms with Gasteiger partial charge >= 0.3 is 0 Å². The Morgan fingerprint density at radius 1 is 1.00 bits per heavy atom. The van der Waals surface area contributed by atoms with E-state index in [9.17, 15) is 13.7 Å². The quantitative estimate of drug-likeness (QED) is 0.771. The summed E-state index contributed by atoms with van der Waals surface area (Å²) in [6.07, 6.45) is 7.22. The van der Waals surface area contributed by atoms with Gasteiger partial charge in [0.25, 0.3) is 0 Å². The van der Waals surface area contributed by atoms with Gasteiger partial charge in [0.1, 0.15) is 0 Å². The molecular weight excluding hydrogens is 282 g/mol. The summed E-state index contributed by atoms with van der Waals surface area (Å²) in [6.45, 7) is 6.57. The van der Waals surface area contributed by atoms with Crippen molar-refractivity contribution in [3.8, 4) is 6.07 Å². The highest BCUT2D eigenvalue weighted by atomic mass is 32.2. The van der Waals surface area contributed by atoms with Crippen LogP contribution in [0.1, 0.15) is 72.1 Å². The average molecular weight is 311 g/mol. The molecule has 2 aliphatic carbocycles. The Morgan fingerprint density at radius 2 is 1.62 bits per heavy atom. The average Bonchev–Trinajstić information content (AvgIpc) is 2.46. The number of sulfone groups is 1. The highest BCUT2D eigenvalue weighted by Gasteiger charge is 2.45. The summed E-state index contributed by atoms with van der Waals surface area (Å²) in [5.74, 6) is 0.112. The smallest absolute Gasteiger partial charge is 0.157 e. The van der Waals surface area contributed by atoms with Gasteiger partial charge in [-0.3, -0.25) is 0 Å². The summed E-state index contributed by atoms with van der Waals surface area (Å²) in [5, 5.41) is 8.78. The third-order valence-electron chi connectivity index (χ3n) is 5.62. The number of nitriles is 1. The van der Waals surface area contributed by atoms with E-state index >= 15 is 0 Å². The van der Waals surface area contributed by atoms with E-state index in [1.54, 1.807) is 0 Å². The second-order valence-corrected chi connectivity index (χ2v) is 10.4. The van der Waals surface area contributed by atoms with Crippen LogP contribution in [-0.2, 0) is 9.84 Å². The molecule has 0 bridgehead atoms. The molecule has 0 aliphatic heterocycles. The van der Waals surface area contributed by atoms with Crippen molar-refractivity contribution in [2.75, 3.05) is 0 Å². The van der Waals surface area contributed by atoms with E-state index < -0.39 is 15.1 Å². The van der Waals surface area contributed by atoms with Gasteiger partial charge < -0.3 is 0 Å². The maximum absolute atomic E-state index is 13.0. The van der Waals surface area contributed by atoms with E-state index in [0.29, 0.717) is 12.3 Å². The molecular formula is C17H29NO2S. The van der Waals surface area contributed by atoms with E-state index in [-0.39, 0.29) is 16.6 Å². The van der Waals surface area contributed by atoms with Crippen molar-refractivity contribution in [2.45, 2.75) is 82.6 Å². The molecule has 3 unspecified atom stereocenters. The Hall–Kier alpha value is -0.560. The normalized spacial score (nSPS) is 32.6. The Bertz CT molecular complexity index is 492. The van der Waals surface area contributed by atoms with Crippen molar-refractivity contribution in [3.63, 3.8) is 0 Å². The third-order valence-corrected chi connectivity index (χ3v) is 8.39. The molecule has 0 aromatic carbocycles. The van der Waals surface area contributed by atoms with Gasteiger partial charge in [-0.15, -0.1) is 0 Å². The van der Waals surface area contributed by atoms with E-state index in [0.717, 1.165) is 44.9 Å². The van der Waals surface area contributed by atoms with Gasteiger partial charge in [0.05, 0.1) is 22.5 Å². The first-order valence-electron chi connectivity index (χ1n) is 8.39. The lowest BCUT2D eigenvalue weighted by Gasteiger charge is -2.40. The van der Waals surface area contributed by atoms with Gasteiger partial charge in [-0.1, -0.05) is 40.0 Å². The van der Waals surface area contributed by atoms with Crippen molar-refractivity contribution in [1.82, 2.24) is 0 Å². The molecule has 2 aliphatic rings. The molecule has 0 radical (unpaired) electrons. The minimum atomic E-state index is -3.16. The van der Waals surface area contributed by atoms with Crippen LogP contribution in [0.15, 0.2) is 0 Å². The second-order valence-electron chi connectivity index (χ2n) is 8.00. The van der Waals surface area contributed by atoms with Crippen molar-refractivity contribution in [1.29, 1.82) is 5.26 Å². The Morgan fingerprint density at radius 3 is 2.14 bits per heavy atom. The molecule has 0 amide bonds. The monoisotopic (exact) mass is 311 g/mol. The SMILES string of the molecule is CC(C)(C)C1CCC(C#N)C(S(=O)(=O)C2CCCCC2)C1. The largest absolute Gasteiger partial charge is 0.228 e. The molecule has 2 rings (SSSR count). The molecule has 4 heteroatoms. The Balaban J connectivity index is 2.22. The fraction of sp³-hybridized carbons (Fsp3) is 0.941. The minimum Gasteiger partial charge on any atom is -0.228 e. The maximum atomic E-state index is 13.0. The number of hydrogen-bond donors (Lipinski definition) is 0. The predicted molar refractivity (Wildman–Crippen MR) is 85.5 cm³/mol. The molecule has 0 aromatic heterocycles. The lowest BCUT2D eigenvalue weighted by molar-refractivity contribution is 0.166. The van der Waals surface area contributed by atoms with Crippen molar-refractivity contribution in [3.05, 3.63) is 0 Å². The topological polar surface area (TPSA) is 57.9 Å². The van der Waals surface area contributed by atoms with Crippen molar-refractivity contribution < 1.29 is 8.42 Å². The highest BCUT2D eigenvalue weighted by Crippen LogP contribution is 2.43. The van der Waals surface area contributed by atoms with Gasteiger partial charge in [-0.25, -0.2) is 8.42 Å². The lowest BCUT2D eigenvalue weighted by Crippen LogP contribution is -2.43. The summed E-state index contributed by atoms with van der Waals surface area (Å²) < 4.78 is 26.1. The first kappa shape index (κ1) is 16.8. The summed E-state index contributed by atoms with van der Waals surface area (Å²) in [6, 6.07) is 2.29. The van der Waals surface area contributed by atoms with Crippen LogP contribution in [-0.4, -0.2) is 18.9 Å². The van der Waals surface area contributed by atoms with E-state index in [4.69, 9.17) is 0 Å². The summed E-state index contributed by atoms with van der Waals surface area (Å²) in [7, 11) is -3.16. The molecule has 0 saturated heterocycles. The van der Waals surface area contributed by atoms with Crippen molar-refractivity contribution in [2.24, 2.45) is 17.3 Å². The zero-order chi connectivity index (χ0) is 15.7. The molecule has 2 fully saturated rings. The summed E-state index contributed by atoms with van der Waals surface area (Å²) >= 11 is 0. The van der Waals surface area contributed by atoms with Crippen LogP contribution in [0.25, 0.3) is 0 Å². The number of hydrogen-bond acceptors (Lipinski definition) is 3. The molecule has 3 nitrogen and oxygen atoms in total. The Kier molecular flexibility index (Phi) is 5.03. The van der Waals surface area contributed by atoms with Crippen LogP contribution >= 0.6 is 0 Å². The molecule has 120 valence electrons. The zero-order valence-corrected chi connectivity index (χ0v) is 14.5. The maximum Gasteiger partial charge on any atom is 0.157 e. The molecule has 0 N–H and O–H groups in total. The molecule has 0 spiro atoms. The molecule has 2 saturated carbocycles. The van der Waals surface area contributed by atoms with E-state index in [2.05, 4.69) is 26.8 Å². The third kappa shape index (κ3) is 3.62. The van der Waals surface area contributed by atoms with Crippen LogP contribution in [0.2, 0.25) is 0 Å². The molecule has 21 heavy (non-hydrogen) atoms. The van der Waals surface area contributed by atoms with Crippen LogP contribution in [0.4, 0.5) is 0 Å².